The summed E-state index contributed by atoms with van der Waals surface area (Å²) < 4.78 is 0. The Labute approximate surface area is 121 Å². The standard InChI is InChI=1S/C17H23N3/c1-4-5-6-15-7-9-16(10-8-15)20-14(3)17-13(2)18-11-12-19-17/h7-12,14,20H,4-6H2,1-3H3. The number of unbranched alkanes of at least 4 members (excludes halogenated alkanes) is 1. The summed E-state index contributed by atoms with van der Waals surface area (Å²) >= 11 is 0. The number of aryl methyl sites for hydroxylation is 2. The van der Waals surface area contributed by atoms with Crippen molar-refractivity contribution in [1.29, 1.82) is 0 Å². The van der Waals surface area contributed by atoms with Crippen LogP contribution >= 0.6 is 0 Å². The second-order valence-electron chi connectivity index (χ2n) is 5.19. The first kappa shape index (κ1) is 14.5. The van der Waals surface area contributed by atoms with Gasteiger partial charge in [0.2, 0.25) is 0 Å². The molecule has 0 radical (unpaired) electrons. The fourth-order valence-electron chi connectivity index (χ4n) is 2.31. The van der Waals surface area contributed by atoms with Crippen LogP contribution < -0.4 is 5.32 Å². The van der Waals surface area contributed by atoms with Crippen LogP contribution in [-0.4, -0.2) is 9.97 Å². The molecule has 0 saturated carbocycles. The van der Waals surface area contributed by atoms with E-state index in [1.54, 1.807) is 12.4 Å². The molecule has 1 atom stereocenters. The van der Waals surface area contributed by atoms with Crippen molar-refractivity contribution in [1.82, 2.24) is 9.97 Å². The lowest BCUT2D eigenvalue weighted by Gasteiger charge is -2.16. The molecule has 0 saturated heterocycles. The minimum absolute atomic E-state index is 0.158. The molecule has 1 heterocycles. The lowest BCUT2D eigenvalue weighted by molar-refractivity contribution is 0.793. The summed E-state index contributed by atoms with van der Waals surface area (Å²) in [5.74, 6) is 0. The van der Waals surface area contributed by atoms with E-state index < -0.39 is 0 Å². The molecule has 1 unspecified atom stereocenters. The van der Waals surface area contributed by atoms with Crippen LogP contribution in [0.15, 0.2) is 36.7 Å². The van der Waals surface area contributed by atoms with Gasteiger partial charge >= 0.3 is 0 Å². The number of benzene rings is 1. The van der Waals surface area contributed by atoms with E-state index in [4.69, 9.17) is 0 Å². The summed E-state index contributed by atoms with van der Waals surface area (Å²) in [6, 6.07) is 8.85. The van der Waals surface area contributed by atoms with Crippen LogP contribution in [0.4, 0.5) is 5.69 Å². The molecule has 0 spiro atoms. The summed E-state index contributed by atoms with van der Waals surface area (Å²) in [6.45, 7) is 6.33. The van der Waals surface area contributed by atoms with Crippen LogP contribution in [0, 0.1) is 6.92 Å². The zero-order valence-corrected chi connectivity index (χ0v) is 12.6. The predicted molar refractivity (Wildman–Crippen MR) is 83.9 cm³/mol. The molecular formula is C17H23N3. The number of hydrogen-bond acceptors (Lipinski definition) is 3. The third kappa shape index (κ3) is 3.80. The van der Waals surface area contributed by atoms with Gasteiger partial charge in [-0.15, -0.1) is 0 Å². The number of rotatable bonds is 6. The fourth-order valence-corrected chi connectivity index (χ4v) is 2.31. The normalized spacial score (nSPS) is 12.2. The Morgan fingerprint density at radius 2 is 1.80 bits per heavy atom. The van der Waals surface area contributed by atoms with Crippen LogP contribution in [0.1, 0.15) is 49.7 Å². The average molecular weight is 269 g/mol. The quantitative estimate of drug-likeness (QED) is 0.849. The van der Waals surface area contributed by atoms with Gasteiger partial charge in [0.15, 0.2) is 0 Å². The van der Waals surface area contributed by atoms with Gasteiger partial charge < -0.3 is 5.32 Å². The van der Waals surface area contributed by atoms with Gasteiger partial charge in [-0.3, -0.25) is 9.97 Å². The largest absolute Gasteiger partial charge is 0.377 e. The molecular weight excluding hydrogens is 246 g/mol. The summed E-state index contributed by atoms with van der Waals surface area (Å²) in [5, 5.41) is 3.48. The maximum absolute atomic E-state index is 4.41. The van der Waals surface area contributed by atoms with Crippen molar-refractivity contribution in [2.24, 2.45) is 0 Å². The van der Waals surface area contributed by atoms with Crippen LogP contribution in [0.5, 0.6) is 0 Å². The van der Waals surface area contributed by atoms with Crippen LogP contribution in [-0.2, 0) is 6.42 Å². The molecule has 0 fully saturated rings. The highest BCUT2D eigenvalue weighted by Crippen LogP contribution is 2.19. The first-order chi connectivity index (χ1) is 9.70. The van der Waals surface area contributed by atoms with E-state index in [-0.39, 0.29) is 6.04 Å². The van der Waals surface area contributed by atoms with E-state index in [1.807, 2.05) is 6.92 Å². The van der Waals surface area contributed by atoms with Crippen LogP contribution in [0.2, 0.25) is 0 Å². The highest BCUT2D eigenvalue weighted by atomic mass is 15.0. The molecule has 1 aromatic carbocycles. The maximum Gasteiger partial charge on any atom is 0.0835 e. The van der Waals surface area contributed by atoms with Crippen molar-refractivity contribution in [2.75, 3.05) is 5.32 Å². The van der Waals surface area contributed by atoms with Gasteiger partial charge in [-0.05, 0) is 44.4 Å². The molecule has 3 heteroatoms. The van der Waals surface area contributed by atoms with Crippen molar-refractivity contribution < 1.29 is 0 Å². The second kappa shape index (κ2) is 7.04. The molecule has 0 aliphatic heterocycles. The van der Waals surface area contributed by atoms with Crippen molar-refractivity contribution in [2.45, 2.75) is 46.1 Å². The van der Waals surface area contributed by atoms with Crippen LogP contribution in [0.25, 0.3) is 0 Å². The van der Waals surface area contributed by atoms with E-state index in [0.717, 1.165) is 23.5 Å². The minimum Gasteiger partial charge on any atom is -0.377 e. The Bertz CT molecular complexity index is 534. The Kier molecular flexibility index (Phi) is 5.10. The number of hydrogen-bond donors (Lipinski definition) is 1. The molecule has 0 aliphatic carbocycles. The van der Waals surface area contributed by atoms with Crippen molar-refractivity contribution in [3.63, 3.8) is 0 Å². The lowest BCUT2D eigenvalue weighted by Crippen LogP contribution is -2.10. The van der Waals surface area contributed by atoms with Gasteiger partial charge in [0.1, 0.15) is 0 Å². The molecule has 0 amide bonds. The Hall–Kier alpha value is -1.90. The Morgan fingerprint density at radius 1 is 1.10 bits per heavy atom. The third-order valence-corrected chi connectivity index (χ3v) is 3.49. The number of aromatic nitrogens is 2. The maximum atomic E-state index is 4.41. The predicted octanol–water partition coefficient (Wildman–Crippen LogP) is 4.30. The van der Waals surface area contributed by atoms with Gasteiger partial charge in [0, 0.05) is 18.1 Å². The Balaban J connectivity index is 2.01. The second-order valence-corrected chi connectivity index (χ2v) is 5.19. The molecule has 3 nitrogen and oxygen atoms in total. The monoisotopic (exact) mass is 269 g/mol. The molecule has 2 rings (SSSR count). The number of nitrogens with one attached hydrogen (secondary N) is 1. The van der Waals surface area contributed by atoms with E-state index in [1.165, 1.54) is 18.4 Å². The summed E-state index contributed by atoms with van der Waals surface area (Å²) in [6.07, 6.45) is 7.13. The van der Waals surface area contributed by atoms with Crippen molar-refractivity contribution in [3.8, 4) is 0 Å². The van der Waals surface area contributed by atoms with E-state index in [0.29, 0.717) is 0 Å². The minimum atomic E-state index is 0.158. The Morgan fingerprint density at radius 3 is 2.45 bits per heavy atom. The van der Waals surface area contributed by atoms with Gasteiger partial charge in [0.05, 0.1) is 17.4 Å². The summed E-state index contributed by atoms with van der Waals surface area (Å²) in [4.78, 5) is 8.69. The van der Waals surface area contributed by atoms with Crippen molar-refractivity contribution in [3.05, 3.63) is 53.6 Å². The summed E-state index contributed by atoms with van der Waals surface area (Å²) in [7, 11) is 0. The summed E-state index contributed by atoms with van der Waals surface area (Å²) in [5.41, 5.74) is 4.51. The average Bonchev–Trinajstić information content (AvgIpc) is 2.47. The number of nitrogens with zero attached hydrogens (tertiary/aromatic N) is 2. The fraction of sp³-hybridized carbons (Fsp3) is 0.412. The highest BCUT2D eigenvalue weighted by Gasteiger charge is 2.10. The van der Waals surface area contributed by atoms with Crippen molar-refractivity contribution >= 4 is 5.69 Å². The highest BCUT2D eigenvalue weighted by molar-refractivity contribution is 5.46. The first-order valence-electron chi connectivity index (χ1n) is 7.33. The molecule has 2 aromatic rings. The molecule has 20 heavy (non-hydrogen) atoms. The SMILES string of the molecule is CCCCc1ccc(NC(C)c2nccnc2C)cc1. The van der Waals surface area contributed by atoms with Gasteiger partial charge in [-0.25, -0.2) is 0 Å². The molecule has 106 valence electrons. The van der Waals surface area contributed by atoms with Gasteiger partial charge in [-0.1, -0.05) is 25.5 Å². The molecule has 0 bridgehead atoms. The van der Waals surface area contributed by atoms with E-state index in [9.17, 15) is 0 Å². The molecule has 1 aromatic heterocycles. The van der Waals surface area contributed by atoms with Gasteiger partial charge in [-0.2, -0.15) is 0 Å². The molecule has 1 N–H and O–H groups in total. The van der Waals surface area contributed by atoms with E-state index in [2.05, 4.69) is 53.4 Å². The van der Waals surface area contributed by atoms with E-state index >= 15 is 0 Å². The zero-order valence-electron chi connectivity index (χ0n) is 12.6. The first-order valence-corrected chi connectivity index (χ1v) is 7.33. The third-order valence-electron chi connectivity index (χ3n) is 3.49. The lowest BCUT2D eigenvalue weighted by atomic mass is 10.1. The topological polar surface area (TPSA) is 37.8 Å². The van der Waals surface area contributed by atoms with Crippen LogP contribution in [0.3, 0.4) is 0 Å². The number of anilines is 1. The molecule has 0 aliphatic rings. The smallest absolute Gasteiger partial charge is 0.0835 e. The zero-order chi connectivity index (χ0) is 14.4. The van der Waals surface area contributed by atoms with Gasteiger partial charge in [0.25, 0.3) is 0 Å².